The second-order valence-corrected chi connectivity index (χ2v) is 31.7. The summed E-state index contributed by atoms with van der Waals surface area (Å²) in [6.45, 7) is 8.14. The van der Waals surface area contributed by atoms with Gasteiger partial charge in [-0.1, -0.05) is 231 Å². The Morgan fingerprint density at radius 3 is 0.686 bits per heavy atom. The summed E-state index contributed by atoms with van der Waals surface area (Å²) < 4.78 is 15.0. The van der Waals surface area contributed by atoms with Gasteiger partial charge < -0.3 is 43.8 Å². The second-order valence-electron chi connectivity index (χ2n) is 31.7. The molecule has 0 bridgehead atoms. The van der Waals surface area contributed by atoms with E-state index in [1.165, 1.54) is 27.3 Å². The highest BCUT2D eigenvalue weighted by molar-refractivity contribution is 7.04. The minimum atomic E-state index is -0.381. The average molecular weight is 1510 g/mol. The van der Waals surface area contributed by atoms with E-state index >= 15 is 0 Å². The van der Waals surface area contributed by atoms with Crippen LogP contribution in [0.1, 0.15) is 22.3 Å². The molecule has 23 rings (SSSR count). The highest BCUT2D eigenvalue weighted by Gasteiger charge is 2.52. The average Bonchev–Trinajstić information content (AvgIpc) is 0.679. The maximum Gasteiger partial charge on any atom is 0.256 e. The summed E-state index contributed by atoms with van der Waals surface area (Å²) in [5.74, 6) is 3.30. The summed E-state index contributed by atoms with van der Waals surface area (Å²) in [6, 6.07) is 143. The Bertz CT molecular complexity index is 6410. The smallest absolute Gasteiger partial charge is 0.256 e. The van der Waals surface area contributed by atoms with E-state index in [9.17, 15) is 0 Å². The molecule has 0 unspecified atom stereocenters. The first kappa shape index (κ1) is 68.7. The number of benzene rings is 17. The molecule has 0 aliphatic carbocycles. The summed E-state index contributed by atoms with van der Waals surface area (Å²) in [5, 5.41) is 0. The van der Waals surface area contributed by atoms with E-state index in [-0.39, 0.29) is 20.1 Å². The third kappa shape index (κ3) is 10.8. The molecule has 0 amide bonds. The topological polar surface area (TPSA) is 41.1 Å². The maximum atomic E-state index is 7.49. The van der Waals surface area contributed by atoms with Crippen molar-refractivity contribution >= 4 is 189 Å². The molecule has 6 heterocycles. The van der Waals surface area contributed by atoms with Crippen LogP contribution in [-0.2, 0) is 0 Å². The van der Waals surface area contributed by atoms with Crippen molar-refractivity contribution in [2.75, 3.05) is 34.3 Å². The van der Waals surface area contributed by atoms with E-state index in [4.69, 9.17) is 9.47 Å². The van der Waals surface area contributed by atoms with Crippen molar-refractivity contribution in [1.82, 2.24) is 0 Å². The molecule has 0 radical (unpaired) electrons. The summed E-state index contributed by atoms with van der Waals surface area (Å²) in [5.41, 5.74) is 37.1. The van der Waals surface area contributed by atoms with Gasteiger partial charge in [0.25, 0.3) is 20.1 Å². The summed E-state index contributed by atoms with van der Waals surface area (Å²) in [6.07, 6.45) is 0. The molecule has 118 heavy (non-hydrogen) atoms. The van der Waals surface area contributed by atoms with Gasteiger partial charge in [-0.25, -0.2) is 0 Å². The Kier molecular flexibility index (Phi) is 16.0. The van der Waals surface area contributed by atoms with Crippen LogP contribution >= 0.6 is 0 Å². The Morgan fingerprint density at radius 2 is 0.407 bits per heavy atom. The van der Waals surface area contributed by atoms with Crippen LogP contribution in [0, 0.1) is 27.7 Å². The molecule has 12 heteroatoms. The maximum absolute atomic E-state index is 7.49. The quantitative estimate of drug-likeness (QED) is 0.105. The number of fused-ring (bicyclic) bond motifs is 12. The van der Waals surface area contributed by atoms with Crippen LogP contribution in [-0.4, -0.2) is 20.1 Å². The molecule has 0 spiro atoms. The molecular formula is C106H76B3N7O2. The van der Waals surface area contributed by atoms with E-state index in [0.29, 0.717) is 0 Å². The molecule has 0 aromatic heterocycles. The first-order valence-electron chi connectivity index (χ1n) is 40.8. The largest absolute Gasteiger partial charge is 0.458 e. The van der Waals surface area contributed by atoms with Crippen LogP contribution in [0.25, 0.3) is 0 Å². The Labute approximate surface area is 689 Å². The standard InChI is InChI=1S/C106H76B3N7O2/c1-69-35-23-29-53-88(69)113-94-67-92-84(107-82-51-27-33-57-100(82)117-102-63-80(61-98(105(102)107)115(92)90-55-31-25-37-71(90)3)111(75-43-15-7-16-44-75)76-45-17-8-18-46-76)65-86(94)109-87-66-85-93(68-95(87)114(89-54-30-24-36-70(89)2)97-60-79(59-96(113)104(97)109)110(73-39-11-5-12-40-73)74-41-13-6-14-42-74)116(91-56-32-26-38-72(91)4)99-62-81(64-103-106(99)108(85)83-52-28-34-58-101(83)118-103)112(77-47-19-9-20-48-77)78-49-21-10-22-50-78/h5-68H,1-4H3. The highest BCUT2D eigenvalue weighted by atomic mass is 16.5. The van der Waals surface area contributed by atoms with E-state index in [0.717, 1.165) is 187 Å². The van der Waals surface area contributed by atoms with Crippen LogP contribution in [0.15, 0.2) is 388 Å². The number of ether oxygens (including phenoxy) is 2. The summed E-state index contributed by atoms with van der Waals surface area (Å²) in [4.78, 5) is 17.6. The Hall–Kier alpha value is -14.9. The van der Waals surface area contributed by atoms with Gasteiger partial charge >= 0.3 is 0 Å². The van der Waals surface area contributed by atoms with Gasteiger partial charge in [-0.3, -0.25) is 0 Å². The Balaban J connectivity index is 0.861. The second kappa shape index (κ2) is 27.4. The molecule has 0 saturated heterocycles. The van der Waals surface area contributed by atoms with E-state index in [1.54, 1.807) is 0 Å². The van der Waals surface area contributed by atoms with Crippen molar-refractivity contribution in [3.8, 4) is 23.0 Å². The lowest BCUT2D eigenvalue weighted by atomic mass is 9.29. The highest BCUT2D eigenvalue weighted by Crippen LogP contribution is 2.55. The van der Waals surface area contributed by atoms with Gasteiger partial charge in [-0.2, -0.15) is 0 Å². The van der Waals surface area contributed by atoms with Crippen molar-refractivity contribution in [3.63, 3.8) is 0 Å². The fourth-order valence-corrected chi connectivity index (χ4v) is 19.8. The molecular weight excluding hydrogens is 1440 g/mol. The molecule has 0 fully saturated rings. The van der Waals surface area contributed by atoms with Gasteiger partial charge in [0.2, 0.25) is 0 Å². The van der Waals surface area contributed by atoms with E-state index in [1.807, 2.05) is 0 Å². The summed E-state index contributed by atoms with van der Waals surface area (Å²) in [7, 11) is 0. The molecule has 6 aliphatic rings. The van der Waals surface area contributed by atoms with Gasteiger partial charge in [-0.15, -0.1) is 0 Å². The molecule has 0 N–H and O–H groups in total. The molecule has 0 atom stereocenters. The van der Waals surface area contributed by atoms with Crippen molar-refractivity contribution in [3.05, 3.63) is 411 Å². The third-order valence-electron chi connectivity index (χ3n) is 24.9. The number of nitrogens with zero attached hydrogens (tertiary/aromatic N) is 7. The van der Waals surface area contributed by atoms with Gasteiger partial charge in [-0.05, 0) is 245 Å². The Morgan fingerprint density at radius 1 is 0.178 bits per heavy atom. The molecule has 9 nitrogen and oxygen atoms in total. The fourth-order valence-electron chi connectivity index (χ4n) is 19.8. The SMILES string of the molecule is Cc1ccccc1N1c2cc3c(cc2B2c4ccccc4Oc4cc(N(c5ccccc5)c5ccccc5)cc1c42)B1c2cc4c(cc2N(c2ccccc2C)c2cc(N(c5ccccc5)c5ccccc5)cc(c21)N3c1ccccc1C)N(c1ccccc1C)c1cc(N(c2ccccc2)c2ccccc2)cc2c1B4c1ccccc1O2. The number of aryl methyl sites for hydroxylation is 4. The van der Waals surface area contributed by atoms with Gasteiger partial charge in [0.15, 0.2) is 0 Å². The number of hydrogen-bond donors (Lipinski definition) is 0. The minimum Gasteiger partial charge on any atom is -0.458 e. The minimum absolute atomic E-state index is 0.275. The number of anilines is 21. The lowest BCUT2D eigenvalue weighted by Gasteiger charge is -2.48. The molecule has 6 aliphatic heterocycles. The van der Waals surface area contributed by atoms with Crippen molar-refractivity contribution in [1.29, 1.82) is 0 Å². The number of rotatable bonds is 13. The monoisotopic (exact) mass is 1510 g/mol. The van der Waals surface area contributed by atoms with Crippen LogP contribution in [0.2, 0.25) is 0 Å². The zero-order valence-corrected chi connectivity index (χ0v) is 65.6. The molecule has 17 aromatic carbocycles. The molecule has 17 aromatic rings. The van der Waals surface area contributed by atoms with Crippen LogP contribution in [0.5, 0.6) is 23.0 Å². The normalized spacial score (nSPS) is 13.1. The van der Waals surface area contributed by atoms with Gasteiger partial charge in [0, 0.05) is 115 Å². The fraction of sp³-hybridized carbons (Fsp3) is 0.0377. The molecule has 556 valence electrons. The number of hydrogen-bond acceptors (Lipinski definition) is 9. The lowest BCUT2D eigenvalue weighted by Crippen LogP contribution is -2.66. The molecule has 0 saturated carbocycles. The lowest BCUT2D eigenvalue weighted by molar-refractivity contribution is 0.487. The van der Waals surface area contributed by atoms with E-state index < -0.39 is 0 Å². The van der Waals surface area contributed by atoms with Crippen molar-refractivity contribution in [2.45, 2.75) is 27.7 Å². The zero-order chi connectivity index (χ0) is 78.4. The summed E-state index contributed by atoms with van der Waals surface area (Å²) >= 11 is 0. The predicted molar refractivity (Wildman–Crippen MR) is 495 cm³/mol. The van der Waals surface area contributed by atoms with Crippen LogP contribution in [0.3, 0.4) is 0 Å². The van der Waals surface area contributed by atoms with Crippen molar-refractivity contribution in [2.24, 2.45) is 0 Å². The first-order valence-corrected chi connectivity index (χ1v) is 40.8. The van der Waals surface area contributed by atoms with Gasteiger partial charge in [0.05, 0.1) is 17.1 Å². The zero-order valence-electron chi connectivity index (χ0n) is 65.6. The first-order chi connectivity index (χ1) is 58.2. The van der Waals surface area contributed by atoms with Crippen molar-refractivity contribution < 1.29 is 9.47 Å². The van der Waals surface area contributed by atoms with Crippen LogP contribution < -0.4 is 92.9 Å². The van der Waals surface area contributed by atoms with Gasteiger partial charge in [0.1, 0.15) is 23.0 Å². The number of para-hydroxylation sites is 12. The van der Waals surface area contributed by atoms with Crippen LogP contribution in [0.4, 0.5) is 119 Å². The third-order valence-corrected chi connectivity index (χ3v) is 24.9. The van der Waals surface area contributed by atoms with E-state index in [2.05, 4.69) is 450 Å². The predicted octanol–water partition coefficient (Wildman–Crippen LogP) is 22.2.